The number of hydrazone groups is 1. The molecule has 1 N–H and O–H groups in total. The second-order valence-electron chi connectivity index (χ2n) is 8.32. The molecule has 4 aromatic carbocycles. The number of hydrogen-bond donors (Lipinski definition) is 1. The van der Waals surface area contributed by atoms with Crippen LogP contribution in [0.1, 0.15) is 36.6 Å². The van der Waals surface area contributed by atoms with E-state index in [1.54, 1.807) is 60.7 Å². The van der Waals surface area contributed by atoms with Gasteiger partial charge in [0, 0.05) is 17.2 Å². The van der Waals surface area contributed by atoms with Crippen LogP contribution in [-0.4, -0.2) is 45.4 Å². The molecule has 0 saturated heterocycles. The molecule has 0 spiro atoms. The van der Waals surface area contributed by atoms with Crippen molar-refractivity contribution in [3.8, 4) is 28.7 Å². The molecule has 41 heavy (non-hydrogen) atoms. The summed E-state index contributed by atoms with van der Waals surface area (Å²) < 4.78 is 26.9. The van der Waals surface area contributed by atoms with Crippen LogP contribution in [0.5, 0.6) is 28.7 Å². The molecule has 4 rings (SSSR count). The second-order valence-corrected chi connectivity index (χ2v) is 8.32. The van der Waals surface area contributed by atoms with Crippen LogP contribution in [0.2, 0.25) is 0 Å². The predicted octanol–water partition coefficient (Wildman–Crippen LogP) is 4.91. The number of nitrogens with zero attached hydrogens (tertiary/aromatic N) is 1. The number of amides is 1. The Morgan fingerprint density at radius 1 is 0.634 bits per heavy atom. The zero-order valence-corrected chi connectivity index (χ0v) is 22.5. The number of methoxy groups -OCH3 is 3. The van der Waals surface area contributed by atoms with Gasteiger partial charge in [-0.25, -0.2) is 15.0 Å². The van der Waals surface area contributed by atoms with Crippen molar-refractivity contribution in [1.82, 2.24) is 5.43 Å². The summed E-state index contributed by atoms with van der Waals surface area (Å²) in [5.74, 6) is -0.618. The van der Waals surface area contributed by atoms with Gasteiger partial charge in [0.05, 0.1) is 38.7 Å². The van der Waals surface area contributed by atoms with Gasteiger partial charge in [0.1, 0.15) is 11.5 Å². The summed E-state index contributed by atoms with van der Waals surface area (Å²) in [7, 11) is 4.34. The third-order valence-corrected chi connectivity index (χ3v) is 5.71. The highest BCUT2D eigenvalue weighted by molar-refractivity contribution is 5.97. The van der Waals surface area contributed by atoms with E-state index in [1.807, 2.05) is 0 Å². The zero-order chi connectivity index (χ0) is 29.2. The van der Waals surface area contributed by atoms with Crippen molar-refractivity contribution in [2.45, 2.75) is 0 Å². The summed E-state index contributed by atoms with van der Waals surface area (Å²) in [5, 5.41) is 4.01. The molecule has 0 atom stereocenters. The van der Waals surface area contributed by atoms with Gasteiger partial charge in [0.2, 0.25) is 5.75 Å². The third kappa shape index (κ3) is 7.07. The normalized spacial score (nSPS) is 10.5. The van der Waals surface area contributed by atoms with Gasteiger partial charge in [-0.2, -0.15) is 5.10 Å². The Morgan fingerprint density at radius 3 is 1.73 bits per heavy atom. The number of hydrogen-bond acceptors (Lipinski definition) is 9. The standard InChI is InChI=1S/C31H26N2O8/c1-37-26-16-23(17-27(38-2)28(26)39-3)29(34)33-32-19-22-14-15-24(40-30(35)20-10-6-4-7-11-20)18-25(22)41-31(36)21-12-8-5-9-13-21/h4-19H,1-3H3,(H,33,34)/b32-19-. The summed E-state index contributed by atoms with van der Waals surface area (Å²) in [5.41, 5.74) is 3.63. The summed E-state index contributed by atoms with van der Waals surface area (Å²) in [4.78, 5) is 38.1. The predicted molar refractivity (Wildman–Crippen MR) is 150 cm³/mol. The molecule has 0 fully saturated rings. The van der Waals surface area contributed by atoms with E-state index in [1.165, 1.54) is 57.9 Å². The van der Waals surface area contributed by atoms with E-state index in [-0.39, 0.29) is 17.1 Å². The molecule has 0 heterocycles. The SMILES string of the molecule is COc1cc(C(=O)N/N=C\c2ccc(OC(=O)c3ccccc3)cc2OC(=O)c2ccccc2)cc(OC)c1OC. The summed E-state index contributed by atoms with van der Waals surface area (Å²) in [6.07, 6.45) is 1.30. The van der Waals surface area contributed by atoms with Gasteiger partial charge < -0.3 is 23.7 Å². The first kappa shape index (κ1) is 28.4. The highest BCUT2D eigenvalue weighted by atomic mass is 16.5. The number of nitrogens with one attached hydrogen (secondary N) is 1. The van der Waals surface area contributed by atoms with Crippen LogP contribution in [0.15, 0.2) is 96.1 Å². The highest BCUT2D eigenvalue weighted by Gasteiger charge is 2.18. The van der Waals surface area contributed by atoms with E-state index in [4.69, 9.17) is 23.7 Å². The Kier molecular flexibility index (Phi) is 9.29. The molecule has 0 bridgehead atoms. The molecule has 0 aliphatic heterocycles. The van der Waals surface area contributed by atoms with Gasteiger partial charge in [-0.1, -0.05) is 36.4 Å². The lowest BCUT2D eigenvalue weighted by molar-refractivity contribution is 0.0732. The topological polar surface area (TPSA) is 122 Å². The van der Waals surface area contributed by atoms with Crippen molar-refractivity contribution in [2.24, 2.45) is 5.10 Å². The molecule has 0 aliphatic rings. The summed E-state index contributed by atoms with van der Waals surface area (Å²) in [6.45, 7) is 0. The minimum absolute atomic E-state index is 0.0583. The summed E-state index contributed by atoms with van der Waals surface area (Å²) >= 11 is 0. The number of benzene rings is 4. The number of carbonyl (C=O) groups is 3. The first-order valence-electron chi connectivity index (χ1n) is 12.3. The maximum Gasteiger partial charge on any atom is 0.343 e. The van der Waals surface area contributed by atoms with Crippen LogP contribution in [0.25, 0.3) is 0 Å². The minimum atomic E-state index is -0.631. The molecule has 0 radical (unpaired) electrons. The molecule has 0 aromatic heterocycles. The number of ether oxygens (including phenoxy) is 5. The maximum absolute atomic E-state index is 12.8. The fraction of sp³-hybridized carbons (Fsp3) is 0.0968. The second kappa shape index (κ2) is 13.4. The lowest BCUT2D eigenvalue weighted by atomic mass is 10.1. The monoisotopic (exact) mass is 554 g/mol. The lowest BCUT2D eigenvalue weighted by Gasteiger charge is -2.13. The average molecular weight is 555 g/mol. The molecular formula is C31H26N2O8. The van der Waals surface area contributed by atoms with E-state index in [2.05, 4.69) is 10.5 Å². The Hall–Kier alpha value is -5.64. The van der Waals surface area contributed by atoms with Crippen molar-refractivity contribution in [3.05, 3.63) is 113 Å². The number of esters is 2. The molecule has 4 aromatic rings. The molecule has 0 unspecified atom stereocenters. The van der Waals surface area contributed by atoms with Crippen LogP contribution >= 0.6 is 0 Å². The lowest BCUT2D eigenvalue weighted by Crippen LogP contribution is -2.18. The summed E-state index contributed by atoms with van der Waals surface area (Å²) in [6, 6.07) is 24.3. The van der Waals surface area contributed by atoms with Gasteiger partial charge >= 0.3 is 11.9 Å². The first-order chi connectivity index (χ1) is 19.9. The molecule has 1 amide bonds. The third-order valence-electron chi connectivity index (χ3n) is 5.71. The van der Waals surface area contributed by atoms with E-state index < -0.39 is 17.8 Å². The quantitative estimate of drug-likeness (QED) is 0.127. The van der Waals surface area contributed by atoms with Gasteiger partial charge in [0.25, 0.3) is 5.91 Å². The van der Waals surface area contributed by atoms with Crippen molar-refractivity contribution in [3.63, 3.8) is 0 Å². The van der Waals surface area contributed by atoms with Crippen molar-refractivity contribution in [1.29, 1.82) is 0 Å². The molecule has 0 aliphatic carbocycles. The maximum atomic E-state index is 12.8. The van der Waals surface area contributed by atoms with E-state index in [0.29, 0.717) is 33.9 Å². The number of rotatable bonds is 10. The van der Waals surface area contributed by atoms with Crippen LogP contribution < -0.4 is 29.1 Å². The Bertz CT molecular complexity index is 1550. The molecular weight excluding hydrogens is 528 g/mol. The minimum Gasteiger partial charge on any atom is -0.493 e. The Balaban J connectivity index is 1.57. The van der Waals surface area contributed by atoms with E-state index >= 15 is 0 Å². The fourth-order valence-electron chi connectivity index (χ4n) is 3.68. The van der Waals surface area contributed by atoms with Crippen LogP contribution in [0, 0.1) is 0 Å². The molecule has 10 heteroatoms. The zero-order valence-electron chi connectivity index (χ0n) is 22.5. The van der Waals surface area contributed by atoms with Crippen LogP contribution in [0.4, 0.5) is 0 Å². The molecule has 0 saturated carbocycles. The van der Waals surface area contributed by atoms with Crippen LogP contribution in [-0.2, 0) is 0 Å². The van der Waals surface area contributed by atoms with Gasteiger partial charge in [-0.05, 0) is 48.5 Å². The van der Waals surface area contributed by atoms with Crippen molar-refractivity contribution < 1.29 is 38.1 Å². The molecule has 10 nitrogen and oxygen atoms in total. The smallest absolute Gasteiger partial charge is 0.343 e. The fourth-order valence-corrected chi connectivity index (χ4v) is 3.68. The highest BCUT2D eigenvalue weighted by Crippen LogP contribution is 2.38. The van der Waals surface area contributed by atoms with Gasteiger partial charge in [-0.15, -0.1) is 0 Å². The molecule has 208 valence electrons. The van der Waals surface area contributed by atoms with Crippen molar-refractivity contribution >= 4 is 24.1 Å². The largest absolute Gasteiger partial charge is 0.493 e. The Morgan fingerprint density at radius 2 is 1.20 bits per heavy atom. The van der Waals surface area contributed by atoms with E-state index in [9.17, 15) is 14.4 Å². The van der Waals surface area contributed by atoms with Gasteiger partial charge in [-0.3, -0.25) is 4.79 Å². The van der Waals surface area contributed by atoms with Gasteiger partial charge in [0.15, 0.2) is 11.5 Å². The average Bonchev–Trinajstić information content (AvgIpc) is 3.01. The van der Waals surface area contributed by atoms with Crippen LogP contribution in [0.3, 0.4) is 0 Å². The first-order valence-corrected chi connectivity index (χ1v) is 12.3. The van der Waals surface area contributed by atoms with Crippen molar-refractivity contribution in [2.75, 3.05) is 21.3 Å². The Labute approximate surface area is 236 Å². The number of carbonyl (C=O) groups excluding carboxylic acids is 3. The van der Waals surface area contributed by atoms with E-state index in [0.717, 1.165) is 0 Å².